The Bertz CT molecular complexity index is 1210. The van der Waals surface area contributed by atoms with Gasteiger partial charge in [0.15, 0.2) is 0 Å². The van der Waals surface area contributed by atoms with Crippen molar-refractivity contribution in [3.63, 3.8) is 0 Å². The standard InChI is InChI=1S/C19H16N4O3S2/c1-25-11-7-5-10(6-8-11)17-22-23-19(26-17)27-9-14-20-16(24)15-12-3-2-4-13(12)28-18(15)21-14/h5-8H,2-4,9H2,1H3,(H,20,21,24). The predicted molar refractivity (Wildman–Crippen MR) is 108 cm³/mol. The van der Waals surface area contributed by atoms with Gasteiger partial charge in [-0.05, 0) is 49.1 Å². The highest BCUT2D eigenvalue weighted by molar-refractivity contribution is 7.98. The maximum atomic E-state index is 12.5. The van der Waals surface area contributed by atoms with E-state index in [1.807, 2.05) is 24.3 Å². The predicted octanol–water partition coefficient (Wildman–Crippen LogP) is 3.82. The molecule has 0 fully saturated rings. The van der Waals surface area contributed by atoms with Crippen molar-refractivity contribution in [2.75, 3.05) is 7.11 Å². The normalized spacial score (nSPS) is 13.2. The van der Waals surface area contributed by atoms with Gasteiger partial charge in [0.2, 0.25) is 5.89 Å². The van der Waals surface area contributed by atoms with E-state index in [-0.39, 0.29) is 5.56 Å². The molecule has 7 nitrogen and oxygen atoms in total. The fourth-order valence-corrected chi connectivity index (χ4v) is 5.28. The zero-order chi connectivity index (χ0) is 19.1. The zero-order valence-corrected chi connectivity index (χ0v) is 16.7. The van der Waals surface area contributed by atoms with Gasteiger partial charge in [-0.3, -0.25) is 4.79 Å². The van der Waals surface area contributed by atoms with E-state index in [0.717, 1.165) is 40.8 Å². The van der Waals surface area contributed by atoms with Gasteiger partial charge in [0.1, 0.15) is 16.4 Å². The first-order valence-corrected chi connectivity index (χ1v) is 10.7. The summed E-state index contributed by atoms with van der Waals surface area (Å²) >= 11 is 2.99. The molecule has 0 aliphatic heterocycles. The molecular weight excluding hydrogens is 396 g/mol. The monoisotopic (exact) mass is 412 g/mol. The Labute approximate surface area is 168 Å². The lowest BCUT2D eigenvalue weighted by molar-refractivity contribution is 0.414. The number of aryl methyl sites for hydroxylation is 2. The van der Waals surface area contributed by atoms with Crippen LogP contribution in [0.4, 0.5) is 0 Å². The minimum Gasteiger partial charge on any atom is -0.497 e. The fraction of sp³-hybridized carbons (Fsp3) is 0.263. The maximum absolute atomic E-state index is 12.5. The second-order valence-corrected chi connectivity index (χ2v) is 8.45. The van der Waals surface area contributed by atoms with E-state index in [0.29, 0.717) is 22.7 Å². The number of thioether (sulfide) groups is 1. The van der Waals surface area contributed by atoms with Crippen LogP contribution in [-0.2, 0) is 18.6 Å². The molecule has 9 heteroatoms. The van der Waals surface area contributed by atoms with Crippen LogP contribution >= 0.6 is 23.1 Å². The van der Waals surface area contributed by atoms with E-state index in [9.17, 15) is 4.79 Å². The van der Waals surface area contributed by atoms with E-state index in [1.54, 1.807) is 18.4 Å². The summed E-state index contributed by atoms with van der Waals surface area (Å²) in [7, 11) is 1.62. The second-order valence-electron chi connectivity index (χ2n) is 6.44. The Hall–Kier alpha value is -2.65. The van der Waals surface area contributed by atoms with E-state index in [2.05, 4.69) is 20.2 Å². The van der Waals surface area contributed by atoms with Gasteiger partial charge in [0.05, 0.1) is 18.2 Å². The van der Waals surface area contributed by atoms with Crippen LogP contribution in [0.15, 0.2) is 38.7 Å². The van der Waals surface area contributed by atoms with Gasteiger partial charge in [0, 0.05) is 10.4 Å². The van der Waals surface area contributed by atoms with Crippen molar-refractivity contribution in [3.05, 3.63) is 50.9 Å². The SMILES string of the molecule is COc1ccc(-c2nnc(SCc3nc4sc5c(c4c(=O)[nH]3)CCC5)o2)cc1. The maximum Gasteiger partial charge on any atom is 0.277 e. The number of nitrogens with one attached hydrogen (secondary N) is 1. The van der Waals surface area contributed by atoms with Gasteiger partial charge in [-0.2, -0.15) is 0 Å². The van der Waals surface area contributed by atoms with Crippen molar-refractivity contribution in [1.82, 2.24) is 20.2 Å². The lowest BCUT2D eigenvalue weighted by atomic mass is 10.2. The second kappa shape index (κ2) is 7.06. The first kappa shape index (κ1) is 17.4. The van der Waals surface area contributed by atoms with Crippen molar-refractivity contribution in [2.24, 2.45) is 0 Å². The minimum atomic E-state index is -0.0514. The Balaban J connectivity index is 1.34. The summed E-state index contributed by atoms with van der Waals surface area (Å²) in [4.78, 5) is 22.2. The number of aromatic amines is 1. The number of hydrogen-bond donors (Lipinski definition) is 1. The number of thiophene rings is 1. The van der Waals surface area contributed by atoms with Gasteiger partial charge in [-0.1, -0.05) is 11.8 Å². The first-order valence-electron chi connectivity index (χ1n) is 8.85. The van der Waals surface area contributed by atoms with Gasteiger partial charge in [0.25, 0.3) is 10.8 Å². The Morgan fingerprint density at radius 3 is 2.93 bits per heavy atom. The Morgan fingerprint density at radius 1 is 1.25 bits per heavy atom. The highest BCUT2D eigenvalue weighted by Gasteiger charge is 2.21. The zero-order valence-electron chi connectivity index (χ0n) is 15.0. The number of nitrogens with zero attached hydrogens (tertiary/aromatic N) is 3. The molecule has 4 aromatic rings. The van der Waals surface area contributed by atoms with Crippen LogP contribution in [0.5, 0.6) is 5.75 Å². The topological polar surface area (TPSA) is 93.9 Å². The van der Waals surface area contributed by atoms with Crippen molar-refractivity contribution in [2.45, 2.75) is 30.2 Å². The highest BCUT2D eigenvalue weighted by Crippen LogP contribution is 2.35. The molecular formula is C19H16N4O3S2. The van der Waals surface area contributed by atoms with Crippen LogP contribution in [0.25, 0.3) is 21.7 Å². The number of fused-ring (bicyclic) bond motifs is 3. The third kappa shape index (κ3) is 3.10. The molecule has 0 atom stereocenters. The number of rotatable bonds is 5. The molecule has 1 aromatic carbocycles. The molecule has 1 N–H and O–H groups in total. The van der Waals surface area contributed by atoms with Gasteiger partial charge >= 0.3 is 0 Å². The number of aromatic nitrogens is 4. The van der Waals surface area contributed by atoms with Crippen molar-refractivity contribution in [3.8, 4) is 17.2 Å². The van der Waals surface area contributed by atoms with Gasteiger partial charge in [-0.25, -0.2) is 4.98 Å². The van der Waals surface area contributed by atoms with Crippen molar-refractivity contribution >= 4 is 33.3 Å². The molecule has 142 valence electrons. The van der Waals surface area contributed by atoms with Crippen LogP contribution in [0, 0.1) is 0 Å². The number of benzene rings is 1. The number of hydrogen-bond acceptors (Lipinski definition) is 8. The van der Waals surface area contributed by atoms with Crippen molar-refractivity contribution < 1.29 is 9.15 Å². The molecule has 0 bridgehead atoms. The van der Waals surface area contributed by atoms with Crippen LogP contribution in [0.2, 0.25) is 0 Å². The summed E-state index contributed by atoms with van der Waals surface area (Å²) < 4.78 is 10.9. The molecule has 0 radical (unpaired) electrons. The van der Waals surface area contributed by atoms with Crippen LogP contribution in [-0.4, -0.2) is 27.3 Å². The van der Waals surface area contributed by atoms with E-state index in [4.69, 9.17) is 9.15 Å². The average Bonchev–Trinajstić information content (AvgIpc) is 3.42. The largest absolute Gasteiger partial charge is 0.497 e. The average molecular weight is 412 g/mol. The molecule has 0 amide bonds. The third-order valence-electron chi connectivity index (χ3n) is 4.70. The molecule has 1 aliphatic rings. The smallest absolute Gasteiger partial charge is 0.277 e. The van der Waals surface area contributed by atoms with Crippen LogP contribution < -0.4 is 10.3 Å². The molecule has 0 unspecified atom stereocenters. The molecule has 0 spiro atoms. The fourth-order valence-electron chi connectivity index (χ4n) is 3.36. The van der Waals surface area contributed by atoms with Gasteiger partial charge in [-0.15, -0.1) is 21.5 Å². The summed E-state index contributed by atoms with van der Waals surface area (Å²) in [6, 6.07) is 7.41. The molecule has 0 saturated heterocycles. The van der Waals surface area contributed by atoms with E-state index in [1.165, 1.54) is 22.2 Å². The molecule has 3 heterocycles. The van der Waals surface area contributed by atoms with Crippen LogP contribution in [0.3, 0.4) is 0 Å². The molecule has 0 saturated carbocycles. The summed E-state index contributed by atoms with van der Waals surface area (Å²) in [5.41, 5.74) is 1.96. The number of ether oxygens (including phenoxy) is 1. The Morgan fingerprint density at radius 2 is 2.11 bits per heavy atom. The molecule has 28 heavy (non-hydrogen) atoms. The molecule has 5 rings (SSSR count). The third-order valence-corrected chi connectivity index (χ3v) is 6.72. The van der Waals surface area contributed by atoms with E-state index >= 15 is 0 Å². The summed E-state index contributed by atoms with van der Waals surface area (Å²) in [5.74, 6) is 2.28. The number of methoxy groups -OCH3 is 1. The summed E-state index contributed by atoms with van der Waals surface area (Å²) in [5, 5.41) is 9.36. The first-order chi connectivity index (χ1) is 13.7. The molecule has 3 aromatic heterocycles. The molecule has 1 aliphatic carbocycles. The Kier molecular flexibility index (Phi) is 4.40. The highest BCUT2D eigenvalue weighted by atomic mass is 32.2. The summed E-state index contributed by atoms with van der Waals surface area (Å²) in [6.07, 6.45) is 3.15. The summed E-state index contributed by atoms with van der Waals surface area (Å²) in [6.45, 7) is 0. The van der Waals surface area contributed by atoms with E-state index < -0.39 is 0 Å². The van der Waals surface area contributed by atoms with Gasteiger partial charge < -0.3 is 14.1 Å². The van der Waals surface area contributed by atoms with Crippen LogP contribution in [0.1, 0.15) is 22.7 Å². The minimum absolute atomic E-state index is 0.0514. The quantitative estimate of drug-likeness (QED) is 0.498. The number of H-pyrrole nitrogens is 1. The van der Waals surface area contributed by atoms with Crippen molar-refractivity contribution in [1.29, 1.82) is 0 Å². The lowest BCUT2D eigenvalue weighted by Gasteiger charge is -2.00. The lowest BCUT2D eigenvalue weighted by Crippen LogP contribution is -2.11.